The van der Waals surface area contributed by atoms with Gasteiger partial charge in [-0.25, -0.2) is 4.98 Å². The summed E-state index contributed by atoms with van der Waals surface area (Å²) in [5.74, 6) is 0.921. The van der Waals surface area contributed by atoms with Gasteiger partial charge in [-0.05, 0) is 17.7 Å². The summed E-state index contributed by atoms with van der Waals surface area (Å²) in [7, 11) is 0. The van der Waals surface area contributed by atoms with Crippen molar-refractivity contribution in [1.29, 1.82) is 0 Å². The van der Waals surface area contributed by atoms with E-state index in [0.29, 0.717) is 6.54 Å². The Morgan fingerprint density at radius 1 is 1.15 bits per heavy atom. The van der Waals surface area contributed by atoms with Gasteiger partial charge in [-0.15, -0.1) is 0 Å². The molecule has 5 nitrogen and oxygen atoms in total. The molecule has 0 fully saturated rings. The molecule has 0 spiro atoms. The molecule has 3 aromatic rings. The maximum Gasteiger partial charge on any atom is 0.137 e. The molecule has 1 aromatic carbocycles. The zero-order chi connectivity index (χ0) is 13.6. The molecule has 1 unspecified atom stereocenters. The second kappa shape index (κ2) is 6.16. The van der Waals surface area contributed by atoms with Gasteiger partial charge in [0.25, 0.3) is 0 Å². The van der Waals surface area contributed by atoms with Crippen molar-refractivity contribution < 1.29 is 4.42 Å². The van der Waals surface area contributed by atoms with Gasteiger partial charge in [-0.3, -0.25) is 4.68 Å². The van der Waals surface area contributed by atoms with Crippen LogP contribution in [0.15, 0.2) is 65.8 Å². The van der Waals surface area contributed by atoms with E-state index in [2.05, 4.69) is 27.5 Å². The molecule has 1 atom stereocenters. The molecule has 5 heteroatoms. The second-order valence-electron chi connectivity index (χ2n) is 4.54. The molecule has 3 rings (SSSR count). The number of aromatic nitrogens is 3. The van der Waals surface area contributed by atoms with E-state index >= 15 is 0 Å². The third-order valence-corrected chi connectivity index (χ3v) is 3.14. The molecule has 2 heterocycles. The van der Waals surface area contributed by atoms with Crippen molar-refractivity contribution in [2.24, 2.45) is 0 Å². The minimum atomic E-state index is 0.156. The fourth-order valence-electron chi connectivity index (χ4n) is 2.12. The normalized spacial score (nSPS) is 12.4. The summed E-state index contributed by atoms with van der Waals surface area (Å²) < 4.78 is 7.18. The van der Waals surface area contributed by atoms with Crippen LogP contribution in [0.25, 0.3) is 0 Å². The average molecular weight is 268 g/mol. The quantitative estimate of drug-likeness (QED) is 0.746. The van der Waals surface area contributed by atoms with Crippen molar-refractivity contribution in [1.82, 2.24) is 20.1 Å². The van der Waals surface area contributed by atoms with E-state index in [4.69, 9.17) is 4.42 Å². The van der Waals surface area contributed by atoms with Gasteiger partial charge < -0.3 is 9.73 Å². The number of hydrogen-bond acceptors (Lipinski definition) is 4. The van der Waals surface area contributed by atoms with E-state index in [1.165, 1.54) is 5.56 Å². The van der Waals surface area contributed by atoms with Crippen LogP contribution in [0.1, 0.15) is 17.4 Å². The smallest absolute Gasteiger partial charge is 0.137 e. The van der Waals surface area contributed by atoms with Crippen LogP contribution < -0.4 is 5.32 Å². The van der Waals surface area contributed by atoms with Gasteiger partial charge in [0.1, 0.15) is 18.4 Å². The van der Waals surface area contributed by atoms with Crippen LogP contribution in [-0.2, 0) is 13.1 Å². The third-order valence-electron chi connectivity index (χ3n) is 3.14. The standard InChI is InChI=1S/C15H16N4O/c1-2-5-13(6-3-1)15(10-19-12-16-11-18-19)17-9-14-7-4-8-20-14/h1-8,11-12,15,17H,9-10H2. The lowest BCUT2D eigenvalue weighted by molar-refractivity contribution is 0.405. The van der Waals surface area contributed by atoms with Crippen molar-refractivity contribution in [3.8, 4) is 0 Å². The highest BCUT2D eigenvalue weighted by molar-refractivity contribution is 5.19. The van der Waals surface area contributed by atoms with Gasteiger partial charge in [-0.2, -0.15) is 5.10 Å². The van der Waals surface area contributed by atoms with Crippen LogP contribution in [0.5, 0.6) is 0 Å². The third kappa shape index (κ3) is 3.13. The maximum absolute atomic E-state index is 5.36. The van der Waals surface area contributed by atoms with E-state index in [1.54, 1.807) is 18.9 Å². The molecule has 0 radical (unpaired) electrons. The highest BCUT2D eigenvalue weighted by Gasteiger charge is 2.12. The number of hydrogen-bond donors (Lipinski definition) is 1. The van der Waals surface area contributed by atoms with Crippen LogP contribution in [0.3, 0.4) is 0 Å². The van der Waals surface area contributed by atoms with Crippen LogP contribution in [-0.4, -0.2) is 14.8 Å². The molecular weight excluding hydrogens is 252 g/mol. The molecule has 2 aromatic heterocycles. The lowest BCUT2D eigenvalue weighted by atomic mass is 10.1. The zero-order valence-electron chi connectivity index (χ0n) is 11.0. The Hall–Kier alpha value is -2.40. The molecule has 0 aliphatic carbocycles. The Kier molecular flexibility index (Phi) is 3.89. The number of nitrogens with zero attached hydrogens (tertiary/aromatic N) is 3. The van der Waals surface area contributed by atoms with Gasteiger partial charge in [0, 0.05) is 0 Å². The summed E-state index contributed by atoms with van der Waals surface area (Å²) in [4.78, 5) is 3.98. The van der Waals surface area contributed by atoms with Gasteiger partial charge >= 0.3 is 0 Å². The number of furan rings is 1. The summed E-state index contributed by atoms with van der Waals surface area (Å²) in [6.07, 6.45) is 4.96. The molecule has 102 valence electrons. The van der Waals surface area contributed by atoms with E-state index in [1.807, 2.05) is 35.0 Å². The fourth-order valence-corrected chi connectivity index (χ4v) is 2.12. The molecule has 0 bridgehead atoms. The first kappa shape index (κ1) is 12.6. The minimum absolute atomic E-state index is 0.156. The molecule has 20 heavy (non-hydrogen) atoms. The molecule has 0 saturated heterocycles. The monoisotopic (exact) mass is 268 g/mol. The van der Waals surface area contributed by atoms with Crippen molar-refractivity contribution in [3.05, 3.63) is 72.7 Å². The van der Waals surface area contributed by atoms with Crippen molar-refractivity contribution >= 4 is 0 Å². The molecular formula is C15H16N4O. The van der Waals surface area contributed by atoms with Crippen LogP contribution in [0.4, 0.5) is 0 Å². The maximum atomic E-state index is 5.36. The lowest BCUT2D eigenvalue weighted by Crippen LogP contribution is -2.25. The second-order valence-corrected chi connectivity index (χ2v) is 4.54. The number of nitrogens with one attached hydrogen (secondary N) is 1. The number of benzene rings is 1. The average Bonchev–Trinajstić information content (AvgIpc) is 3.18. The van der Waals surface area contributed by atoms with Crippen molar-refractivity contribution in [2.45, 2.75) is 19.1 Å². The Labute approximate surface area is 117 Å². The summed E-state index contributed by atoms with van der Waals surface area (Å²) in [6, 6.07) is 14.3. The SMILES string of the molecule is c1ccc(C(Cn2cncn2)NCc2ccco2)cc1. The first-order chi connectivity index (χ1) is 9.92. The van der Waals surface area contributed by atoms with Gasteiger partial charge in [0.05, 0.1) is 25.4 Å². The topological polar surface area (TPSA) is 55.9 Å². The molecule has 1 N–H and O–H groups in total. The largest absolute Gasteiger partial charge is 0.468 e. The molecule has 0 aliphatic rings. The number of rotatable bonds is 6. The first-order valence-corrected chi connectivity index (χ1v) is 6.55. The zero-order valence-corrected chi connectivity index (χ0v) is 11.0. The van der Waals surface area contributed by atoms with E-state index in [9.17, 15) is 0 Å². The van der Waals surface area contributed by atoms with Crippen molar-refractivity contribution in [3.63, 3.8) is 0 Å². The molecule has 0 amide bonds. The highest BCUT2D eigenvalue weighted by atomic mass is 16.3. The van der Waals surface area contributed by atoms with Crippen LogP contribution in [0.2, 0.25) is 0 Å². The Morgan fingerprint density at radius 2 is 2.05 bits per heavy atom. The molecule has 0 aliphatic heterocycles. The van der Waals surface area contributed by atoms with Gasteiger partial charge in [0.15, 0.2) is 0 Å². The Balaban J connectivity index is 1.73. The minimum Gasteiger partial charge on any atom is -0.468 e. The predicted octanol–water partition coefficient (Wildman–Crippen LogP) is 2.40. The molecule has 0 saturated carbocycles. The van der Waals surface area contributed by atoms with E-state index in [0.717, 1.165) is 12.3 Å². The lowest BCUT2D eigenvalue weighted by Gasteiger charge is -2.18. The first-order valence-electron chi connectivity index (χ1n) is 6.55. The highest BCUT2D eigenvalue weighted by Crippen LogP contribution is 2.15. The summed E-state index contributed by atoms with van der Waals surface area (Å²) in [5, 5.41) is 7.66. The van der Waals surface area contributed by atoms with E-state index < -0.39 is 0 Å². The predicted molar refractivity (Wildman–Crippen MR) is 74.8 cm³/mol. The fraction of sp³-hybridized carbons (Fsp3) is 0.200. The summed E-state index contributed by atoms with van der Waals surface area (Å²) in [5.41, 5.74) is 1.22. The Morgan fingerprint density at radius 3 is 2.75 bits per heavy atom. The van der Waals surface area contributed by atoms with Crippen molar-refractivity contribution in [2.75, 3.05) is 0 Å². The Bertz CT molecular complexity index is 605. The van der Waals surface area contributed by atoms with Gasteiger partial charge in [-0.1, -0.05) is 30.3 Å². The summed E-state index contributed by atoms with van der Waals surface area (Å²) in [6.45, 7) is 1.41. The van der Waals surface area contributed by atoms with Crippen LogP contribution in [0, 0.1) is 0 Å². The van der Waals surface area contributed by atoms with Crippen LogP contribution >= 0.6 is 0 Å². The summed E-state index contributed by atoms with van der Waals surface area (Å²) >= 11 is 0. The van der Waals surface area contributed by atoms with E-state index in [-0.39, 0.29) is 6.04 Å². The van der Waals surface area contributed by atoms with Gasteiger partial charge in [0.2, 0.25) is 0 Å².